The first kappa shape index (κ1) is 11.6. The highest BCUT2D eigenvalue weighted by Crippen LogP contribution is 2.32. The van der Waals surface area contributed by atoms with Gasteiger partial charge in [-0.15, -0.1) is 0 Å². The quantitative estimate of drug-likeness (QED) is 0.779. The number of hydrogen-bond acceptors (Lipinski definition) is 2. The van der Waals surface area contributed by atoms with Gasteiger partial charge in [0.25, 0.3) is 0 Å². The summed E-state index contributed by atoms with van der Waals surface area (Å²) in [6, 6.07) is 4.11. The van der Waals surface area contributed by atoms with Crippen LogP contribution in [-0.2, 0) is 4.74 Å². The molecule has 0 radical (unpaired) electrons. The summed E-state index contributed by atoms with van der Waals surface area (Å²) in [6.45, 7) is 5.15. The third-order valence-corrected chi connectivity index (χ3v) is 3.81. The van der Waals surface area contributed by atoms with E-state index in [9.17, 15) is 0 Å². The van der Waals surface area contributed by atoms with Crippen LogP contribution in [0.3, 0.4) is 0 Å². The van der Waals surface area contributed by atoms with Gasteiger partial charge in [-0.1, -0.05) is 0 Å². The number of fused-ring (bicyclic) bond motifs is 1. The minimum atomic E-state index is 0.177. The van der Waals surface area contributed by atoms with Gasteiger partial charge in [0.1, 0.15) is 6.23 Å². The molecule has 0 saturated carbocycles. The summed E-state index contributed by atoms with van der Waals surface area (Å²) in [6.07, 6.45) is 5.89. The second-order valence-corrected chi connectivity index (χ2v) is 5.27. The van der Waals surface area contributed by atoms with Crippen LogP contribution in [0, 0.1) is 13.8 Å². The highest BCUT2D eigenvalue weighted by molar-refractivity contribution is 5.89. The van der Waals surface area contributed by atoms with Crippen molar-refractivity contribution in [3.05, 3.63) is 29.5 Å². The van der Waals surface area contributed by atoms with E-state index >= 15 is 0 Å². The second kappa shape index (κ2) is 4.32. The number of hydrogen-bond donors (Lipinski definition) is 1. The summed E-state index contributed by atoms with van der Waals surface area (Å²) in [5.74, 6) is 0. The Morgan fingerprint density at radius 1 is 1.22 bits per heavy atom. The number of nitrogens with zero attached hydrogens (tertiary/aromatic N) is 1. The van der Waals surface area contributed by atoms with Crippen LogP contribution in [0.2, 0.25) is 0 Å². The number of aromatic nitrogens is 1. The van der Waals surface area contributed by atoms with Crippen molar-refractivity contribution in [1.29, 1.82) is 0 Å². The lowest BCUT2D eigenvalue weighted by Gasteiger charge is -2.25. The highest BCUT2D eigenvalue weighted by atomic mass is 16.5. The van der Waals surface area contributed by atoms with E-state index in [4.69, 9.17) is 10.5 Å². The normalized spacial score (nSPS) is 20.4. The van der Waals surface area contributed by atoms with Crippen molar-refractivity contribution >= 4 is 16.6 Å². The number of anilines is 1. The molecular weight excluding hydrogens is 224 g/mol. The monoisotopic (exact) mass is 244 g/mol. The first-order valence-corrected chi connectivity index (χ1v) is 6.65. The maximum atomic E-state index is 5.98. The lowest BCUT2D eigenvalue weighted by atomic mass is 10.1. The van der Waals surface area contributed by atoms with Crippen molar-refractivity contribution in [2.24, 2.45) is 0 Å². The van der Waals surface area contributed by atoms with Crippen molar-refractivity contribution in [3.63, 3.8) is 0 Å². The molecule has 3 nitrogen and oxygen atoms in total. The highest BCUT2D eigenvalue weighted by Gasteiger charge is 2.19. The largest absolute Gasteiger partial charge is 0.399 e. The Labute approximate surface area is 108 Å². The summed E-state index contributed by atoms with van der Waals surface area (Å²) in [5.41, 5.74) is 10.6. The molecule has 0 amide bonds. The minimum Gasteiger partial charge on any atom is -0.399 e. The van der Waals surface area contributed by atoms with E-state index in [2.05, 4.69) is 30.7 Å². The molecule has 0 spiro atoms. The molecule has 2 N–H and O–H groups in total. The van der Waals surface area contributed by atoms with Gasteiger partial charge >= 0.3 is 0 Å². The summed E-state index contributed by atoms with van der Waals surface area (Å²) >= 11 is 0. The molecule has 1 aromatic heterocycles. The van der Waals surface area contributed by atoms with Gasteiger partial charge in [-0.05, 0) is 56.4 Å². The third-order valence-electron chi connectivity index (χ3n) is 3.81. The topological polar surface area (TPSA) is 40.2 Å². The van der Waals surface area contributed by atoms with Crippen LogP contribution in [-0.4, -0.2) is 11.2 Å². The molecule has 1 fully saturated rings. The fraction of sp³-hybridized carbons (Fsp3) is 0.467. The standard InChI is InChI=1S/C15H20N2O/c1-10-7-12(16)8-13-15(10)11(2)9-17(13)14-5-3-4-6-18-14/h7-9,14H,3-6,16H2,1-2H3. The molecular formula is C15H20N2O. The lowest BCUT2D eigenvalue weighted by molar-refractivity contribution is -0.0292. The first-order valence-electron chi connectivity index (χ1n) is 6.65. The van der Waals surface area contributed by atoms with Crippen LogP contribution in [0.1, 0.15) is 36.6 Å². The van der Waals surface area contributed by atoms with Gasteiger partial charge in [-0.2, -0.15) is 0 Å². The van der Waals surface area contributed by atoms with E-state index < -0.39 is 0 Å². The SMILES string of the molecule is Cc1cc(N)cc2c1c(C)cn2C1CCCCO1. The van der Waals surface area contributed by atoms with E-state index in [-0.39, 0.29) is 6.23 Å². The molecule has 96 valence electrons. The van der Waals surface area contributed by atoms with Crippen LogP contribution in [0.15, 0.2) is 18.3 Å². The van der Waals surface area contributed by atoms with Crippen molar-refractivity contribution < 1.29 is 4.74 Å². The number of benzene rings is 1. The summed E-state index contributed by atoms with van der Waals surface area (Å²) in [7, 11) is 0. The maximum Gasteiger partial charge on any atom is 0.133 e. The smallest absolute Gasteiger partial charge is 0.133 e. The number of nitrogens with two attached hydrogens (primary N) is 1. The van der Waals surface area contributed by atoms with Crippen molar-refractivity contribution in [2.75, 3.05) is 12.3 Å². The predicted molar refractivity (Wildman–Crippen MR) is 74.7 cm³/mol. The molecule has 0 bridgehead atoms. The number of aryl methyl sites for hydroxylation is 2. The molecule has 0 aliphatic carbocycles. The maximum absolute atomic E-state index is 5.98. The Morgan fingerprint density at radius 3 is 2.78 bits per heavy atom. The number of rotatable bonds is 1. The molecule has 1 atom stereocenters. The molecule has 1 aromatic carbocycles. The van der Waals surface area contributed by atoms with Gasteiger partial charge in [0.2, 0.25) is 0 Å². The summed E-state index contributed by atoms with van der Waals surface area (Å²) < 4.78 is 8.14. The van der Waals surface area contributed by atoms with Crippen molar-refractivity contribution in [1.82, 2.24) is 4.57 Å². The molecule has 1 saturated heterocycles. The van der Waals surface area contributed by atoms with Crippen LogP contribution in [0.5, 0.6) is 0 Å². The van der Waals surface area contributed by atoms with Crippen LogP contribution < -0.4 is 5.73 Å². The molecule has 3 rings (SSSR count). The fourth-order valence-corrected chi connectivity index (χ4v) is 3.04. The van der Waals surface area contributed by atoms with Gasteiger partial charge in [0.05, 0.1) is 5.52 Å². The molecule has 18 heavy (non-hydrogen) atoms. The first-order chi connectivity index (χ1) is 8.66. The Kier molecular flexibility index (Phi) is 2.78. The number of ether oxygens (including phenoxy) is 1. The zero-order valence-corrected chi connectivity index (χ0v) is 11.1. The molecule has 1 aliphatic rings. The van der Waals surface area contributed by atoms with Crippen molar-refractivity contribution in [3.8, 4) is 0 Å². The Morgan fingerprint density at radius 2 is 2.06 bits per heavy atom. The van der Waals surface area contributed by atoms with E-state index in [1.165, 1.54) is 34.9 Å². The Hall–Kier alpha value is -1.48. The van der Waals surface area contributed by atoms with E-state index in [1.807, 2.05) is 6.07 Å². The minimum absolute atomic E-state index is 0.177. The van der Waals surface area contributed by atoms with Gasteiger partial charge in [0, 0.05) is 23.9 Å². The average molecular weight is 244 g/mol. The second-order valence-electron chi connectivity index (χ2n) is 5.27. The van der Waals surface area contributed by atoms with Gasteiger partial charge in [-0.25, -0.2) is 0 Å². The van der Waals surface area contributed by atoms with E-state index in [1.54, 1.807) is 0 Å². The fourth-order valence-electron chi connectivity index (χ4n) is 3.04. The van der Waals surface area contributed by atoms with Gasteiger partial charge in [-0.3, -0.25) is 0 Å². The zero-order valence-electron chi connectivity index (χ0n) is 11.1. The molecule has 1 aliphatic heterocycles. The van der Waals surface area contributed by atoms with Crippen molar-refractivity contribution in [2.45, 2.75) is 39.3 Å². The number of nitrogen functional groups attached to an aromatic ring is 1. The Balaban J connectivity index is 2.17. The molecule has 1 unspecified atom stereocenters. The van der Waals surface area contributed by atoms with Crippen LogP contribution in [0.4, 0.5) is 5.69 Å². The summed E-state index contributed by atoms with van der Waals surface area (Å²) in [4.78, 5) is 0. The van der Waals surface area contributed by atoms with Crippen LogP contribution >= 0.6 is 0 Å². The molecule has 3 heteroatoms. The van der Waals surface area contributed by atoms with Gasteiger partial charge < -0.3 is 15.0 Å². The van der Waals surface area contributed by atoms with E-state index in [0.717, 1.165) is 18.7 Å². The van der Waals surface area contributed by atoms with Gasteiger partial charge in [0.15, 0.2) is 0 Å². The molecule has 2 aromatic rings. The molecule has 2 heterocycles. The third kappa shape index (κ3) is 1.79. The summed E-state index contributed by atoms with van der Waals surface area (Å²) in [5, 5.41) is 1.32. The van der Waals surface area contributed by atoms with Crippen LogP contribution in [0.25, 0.3) is 10.9 Å². The Bertz CT molecular complexity index is 580. The lowest BCUT2D eigenvalue weighted by Crippen LogP contribution is -2.17. The van der Waals surface area contributed by atoms with E-state index in [0.29, 0.717) is 0 Å². The zero-order chi connectivity index (χ0) is 12.7. The predicted octanol–water partition coefficient (Wildman–Crippen LogP) is 3.54. The average Bonchev–Trinajstić information content (AvgIpc) is 2.67.